The lowest BCUT2D eigenvalue weighted by Gasteiger charge is -2.05. The molecule has 1 aromatic carbocycles. The highest BCUT2D eigenvalue weighted by Gasteiger charge is 2.00. The van der Waals surface area contributed by atoms with Gasteiger partial charge in [0, 0.05) is 22.5 Å². The molecule has 15 heavy (non-hydrogen) atoms. The second-order valence-corrected chi connectivity index (χ2v) is 4.38. The second-order valence-electron chi connectivity index (χ2n) is 3.22. The van der Waals surface area contributed by atoms with Gasteiger partial charge in [-0.3, -0.25) is 4.68 Å². The van der Waals surface area contributed by atoms with Gasteiger partial charge in [0.2, 0.25) is 0 Å². The maximum absolute atomic E-state index is 4.01. The standard InChI is InChI=1S/C10H11IN4/c1-15-7-8(13-14-15)6-12-10-5-3-2-4-9(10)11/h2-5,7,12H,6H2,1H3. The van der Waals surface area contributed by atoms with Crippen molar-refractivity contribution in [2.75, 3.05) is 5.32 Å². The van der Waals surface area contributed by atoms with Gasteiger partial charge in [-0.1, -0.05) is 17.3 Å². The number of halogens is 1. The molecule has 0 fully saturated rings. The summed E-state index contributed by atoms with van der Waals surface area (Å²) < 4.78 is 2.91. The number of hydrogen-bond acceptors (Lipinski definition) is 3. The highest BCUT2D eigenvalue weighted by molar-refractivity contribution is 14.1. The SMILES string of the molecule is Cn1cc(CNc2ccccc2I)nn1. The molecule has 1 N–H and O–H groups in total. The van der Waals surface area contributed by atoms with E-state index in [-0.39, 0.29) is 0 Å². The zero-order valence-electron chi connectivity index (χ0n) is 8.31. The van der Waals surface area contributed by atoms with E-state index < -0.39 is 0 Å². The number of hydrogen-bond donors (Lipinski definition) is 1. The van der Waals surface area contributed by atoms with Crippen LogP contribution in [0.5, 0.6) is 0 Å². The average molecular weight is 314 g/mol. The fourth-order valence-corrected chi connectivity index (χ4v) is 1.84. The van der Waals surface area contributed by atoms with Gasteiger partial charge in [-0.15, -0.1) is 5.10 Å². The number of rotatable bonds is 3. The smallest absolute Gasteiger partial charge is 0.102 e. The van der Waals surface area contributed by atoms with E-state index in [1.54, 1.807) is 4.68 Å². The summed E-state index contributed by atoms with van der Waals surface area (Å²) >= 11 is 2.30. The van der Waals surface area contributed by atoms with Crippen LogP contribution in [0.15, 0.2) is 30.5 Å². The molecule has 0 amide bonds. The van der Waals surface area contributed by atoms with Gasteiger partial charge < -0.3 is 5.32 Å². The van der Waals surface area contributed by atoms with Crippen molar-refractivity contribution >= 4 is 28.3 Å². The highest BCUT2D eigenvalue weighted by atomic mass is 127. The third-order valence-electron chi connectivity index (χ3n) is 1.98. The van der Waals surface area contributed by atoms with Crippen molar-refractivity contribution in [2.24, 2.45) is 7.05 Å². The summed E-state index contributed by atoms with van der Waals surface area (Å²) in [6.07, 6.45) is 1.91. The lowest BCUT2D eigenvalue weighted by atomic mass is 10.3. The van der Waals surface area contributed by atoms with Gasteiger partial charge in [-0.25, -0.2) is 0 Å². The van der Waals surface area contributed by atoms with Crippen molar-refractivity contribution in [1.29, 1.82) is 0 Å². The van der Waals surface area contributed by atoms with E-state index in [0.29, 0.717) is 6.54 Å². The lowest BCUT2D eigenvalue weighted by Crippen LogP contribution is -2.01. The molecule has 0 bridgehead atoms. The fourth-order valence-electron chi connectivity index (χ4n) is 1.27. The van der Waals surface area contributed by atoms with E-state index in [1.807, 2.05) is 25.4 Å². The average Bonchev–Trinajstić information content (AvgIpc) is 2.63. The van der Waals surface area contributed by atoms with E-state index >= 15 is 0 Å². The Hall–Kier alpha value is -1.11. The number of aromatic nitrogens is 3. The molecule has 5 heteroatoms. The van der Waals surface area contributed by atoms with Crippen LogP contribution in [0, 0.1) is 3.57 Å². The quantitative estimate of drug-likeness (QED) is 0.882. The Morgan fingerprint density at radius 1 is 1.40 bits per heavy atom. The van der Waals surface area contributed by atoms with Gasteiger partial charge in [0.05, 0.1) is 6.54 Å². The molecule has 0 aliphatic heterocycles. The summed E-state index contributed by atoms with van der Waals surface area (Å²) in [4.78, 5) is 0. The molecule has 0 atom stereocenters. The summed E-state index contributed by atoms with van der Waals surface area (Å²) in [6, 6.07) is 8.16. The van der Waals surface area contributed by atoms with Crippen LogP contribution >= 0.6 is 22.6 Å². The Labute approximate surface area is 102 Å². The van der Waals surface area contributed by atoms with Gasteiger partial charge in [-0.2, -0.15) is 0 Å². The Bertz CT molecular complexity index is 452. The molecule has 1 aromatic heterocycles. The minimum Gasteiger partial charge on any atom is -0.378 e. The number of anilines is 1. The minimum absolute atomic E-state index is 0.702. The monoisotopic (exact) mass is 314 g/mol. The summed E-state index contributed by atoms with van der Waals surface area (Å²) in [6.45, 7) is 0.702. The molecule has 0 spiro atoms. The normalized spacial score (nSPS) is 10.3. The van der Waals surface area contributed by atoms with Crippen LogP contribution in [-0.4, -0.2) is 15.0 Å². The molecule has 0 aliphatic rings. The number of aryl methyl sites for hydroxylation is 1. The van der Waals surface area contributed by atoms with Crippen LogP contribution < -0.4 is 5.32 Å². The highest BCUT2D eigenvalue weighted by Crippen LogP contribution is 2.17. The van der Waals surface area contributed by atoms with E-state index in [1.165, 1.54) is 3.57 Å². The van der Waals surface area contributed by atoms with Crippen LogP contribution in [-0.2, 0) is 13.6 Å². The van der Waals surface area contributed by atoms with Gasteiger partial charge in [0.1, 0.15) is 5.69 Å². The van der Waals surface area contributed by atoms with E-state index in [2.05, 4.69) is 50.4 Å². The lowest BCUT2D eigenvalue weighted by molar-refractivity contribution is 0.713. The summed E-state index contributed by atoms with van der Waals surface area (Å²) in [5.74, 6) is 0. The van der Waals surface area contributed by atoms with E-state index in [0.717, 1.165) is 11.4 Å². The van der Waals surface area contributed by atoms with Crippen LogP contribution in [0.2, 0.25) is 0 Å². The molecule has 0 saturated heterocycles. The third kappa shape index (κ3) is 2.68. The molecule has 0 aliphatic carbocycles. The Morgan fingerprint density at radius 3 is 2.87 bits per heavy atom. The molecule has 78 valence electrons. The first-order valence-electron chi connectivity index (χ1n) is 4.59. The van der Waals surface area contributed by atoms with Crippen molar-refractivity contribution < 1.29 is 0 Å². The second kappa shape index (κ2) is 4.61. The van der Waals surface area contributed by atoms with E-state index in [4.69, 9.17) is 0 Å². The van der Waals surface area contributed by atoms with Gasteiger partial charge >= 0.3 is 0 Å². The number of nitrogens with zero attached hydrogens (tertiary/aromatic N) is 3. The molecule has 2 rings (SSSR count). The summed E-state index contributed by atoms with van der Waals surface area (Å²) in [5, 5.41) is 11.2. The zero-order chi connectivity index (χ0) is 10.7. The number of benzene rings is 1. The summed E-state index contributed by atoms with van der Waals surface area (Å²) in [5.41, 5.74) is 2.07. The molecular formula is C10H11IN4. The van der Waals surface area contributed by atoms with Crippen LogP contribution in [0.1, 0.15) is 5.69 Å². The van der Waals surface area contributed by atoms with Crippen molar-refractivity contribution in [3.8, 4) is 0 Å². The molecule has 1 heterocycles. The molecule has 0 unspecified atom stereocenters. The largest absolute Gasteiger partial charge is 0.378 e. The third-order valence-corrected chi connectivity index (χ3v) is 2.92. The summed E-state index contributed by atoms with van der Waals surface area (Å²) in [7, 11) is 1.86. The van der Waals surface area contributed by atoms with Crippen molar-refractivity contribution in [3.05, 3.63) is 39.7 Å². The Kier molecular flexibility index (Phi) is 3.20. The maximum Gasteiger partial charge on any atom is 0.102 e. The van der Waals surface area contributed by atoms with E-state index in [9.17, 15) is 0 Å². The Morgan fingerprint density at radius 2 is 2.20 bits per heavy atom. The predicted octanol–water partition coefficient (Wildman–Crippen LogP) is 2.03. The van der Waals surface area contributed by atoms with Crippen molar-refractivity contribution in [1.82, 2.24) is 15.0 Å². The minimum atomic E-state index is 0.702. The zero-order valence-corrected chi connectivity index (χ0v) is 10.5. The molecule has 0 saturated carbocycles. The maximum atomic E-state index is 4.01. The van der Waals surface area contributed by atoms with Gasteiger partial charge in [0.15, 0.2) is 0 Å². The number of nitrogens with one attached hydrogen (secondary N) is 1. The first-order valence-corrected chi connectivity index (χ1v) is 5.67. The van der Waals surface area contributed by atoms with Crippen molar-refractivity contribution in [3.63, 3.8) is 0 Å². The van der Waals surface area contributed by atoms with Gasteiger partial charge in [-0.05, 0) is 34.7 Å². The van der Waals surface area contributed by atoms with Crippen molar-refractivity contribution in [2.45, 2.75) is 6.54 Å². The fraction of sp³-hybridized carbons (Fsp3) is 0.200. The number of para-hydroxylation sites is 1. The predicted molar refractivity (Wildman–Crippen MR) is 67.5 cm³/mol. The first-order chi connectivity index (χ1) is 7.25. The Balaban J connectivity index is 2.02. The van der Waals surface area contributed by atoms with Crippen LogP contribution in [0.3, 0.4) is 0 Å². The molecule has 4 nitrogen and oxygen atoms in total. The van der Waals surface area contributed by atoms with Gasteiger partial charge in [0.25, 0.3) is 0 Å². The topological polar surface area (TPSA) is 42.7 Å². The first kappa shape index (κ1) is 10.4. The molecule has 2 aromatic rings. The van der Waals surface area contributed by atoms with Crippen LogP contribution in [0.4, 0.5) is 5.69 Å². The molecular weight excluding hydrogens is 303 g/mol. The molecule has 0 radical (unpaired) electrons. The van der Waals surface area contributed by atoms with Crippen LogP contribution in [0.25, 0.3) is 0 Å².